The normalized spacial score (nSPS) is 9.60. The number of aromatic nitrogens is 2. The molecular formula is C8H9N3O4. The van der Waals surface area contributed by atoms with Crippen LogP contribution in [0, 0.1) is 0 Å². The molecule has 0 saturated heterocycles. The first-order valence-corrected chi connectivity index (χ1v) is 4.03. The van der Waals surface area contributed by atoms with E-state index in [1.807, 2.05) is 0 Å². The fourth-order valence-electron chi connectivity index (χ4n) is 0.792. The van der Waals surface area contributed by atoms with Gasteiger partial charge in [-0.25, -0.2) is 14.8 Å². The van der Waals surface area contributed by atoms with Crippen molar-refractivity contribution < 1.29 is 19.4 Å². The average Bonchev–Trinajstić information content (AvgIpc) is 2.18. The van der Waals surface area contributed by atoms with Crippen LogP contribution in [0.5, 0.6) is 0 Å². The number of carboxylic acid groups (broad SMARTS) is 1. The number of carbonyl (C=O) groups excluding carboxylic acids is 1. The van der Waals surface area contributed by atoms with Gasteiger partial charge in [-0.05, 0) is 0 Å². The third-order valence-corrected chi connectivity index (χ3v) is 1.30. The first-order chi connectivity index (χ1) is 7.18. The van der Waals surface area contributed by atoms with E-state index in [2.05, 4.69) is 20.0 Å². The molecule has 0 bridgehead atoms. The number of hydrogen-bond acceptors (Lipinski definition) is 5. The molecule has 0 atom stereocenters. The topological polar surface area (TPSA) is 101 Å². The second-order valence-corrected chi connectivity index (χ2v) is 2.56. The molecule has 15 heavy (non-hydrogen) atoms. The second kappa shape index (κ2) is 5.66. The van der Waals surface area contributed by atoms with Crippen molar-refractivity contribution in [3.63, 3.8) is 0 Å². The van der Waals surface area contributed by atoms with Gasteiger partial charge in [0, 0.05) is 0 Å². The van der Waals surface area contributed by atoms with E-state index in [0.29, 0.717) is 5.69 Å². The number of amides is 1. The molecule has 0 aromatic carbocycles. The zero-order valence-electron chi connectivity index (χ0n) is 7.71. The Morgan fingerprint density at radius 1 is 1.33 bits per heavy atom. The molecule has 0 spiro atoms. The molecule has 0 aliphatic rings. The summed E-state index contributed by atoms with van der Waals surface area (Å²) in [6, 6.07) is 0. The molecule has 1 amide bonds. The summed E-state index contributed by atoms with van der Waals surface area (Å²) < 4.78 is 4.58. The lowest BCUT2D eigenvalue weighted by molar-refractivity contribution is -0.143. The summed E-state index contributed by atoms with van der Waals surface area (Å²) in [6.07, 6.45) is 4.17. The molecule has 0 saturated carbocycles. The molecule has 0 fully saturated rings. The predicted octanol–water partition coefficient (Wildman–Crippen LogP) is -0.484. The fourth-order valence-corrected chi connectivity index (χ4v) is 0.792. The zero-order valence-corrected chi connectivity index (χ0v) is 7.71. The molecule has 0 unspecified atom stereocenters. The Hall–Kier alpha value is -2.02. The summed E-state index contributed by atoms with van der Waals surface area (Å²) in [7, 11) is 0. The maximum atomic E-state index is 11.1. The van der Waals surface area contributed by atoms with E-state index in [1.54, 1.807) is 0 Å². The van der Waals surface area contributed by atoms with Gasteiger partial charge in [0.1, 0.15) is 19.5 Å². The van der Waals surface area contributed by atoms with Crippen molar-refractivity contribution in [3.05, 3.63) is 18.7 Å². The average molecular weight is 211 g/mol. The van der Waals surface area contributed by atoms with Gasteiger partial charge >= 0.3 is 5.97 Å². The number of nitrogens with one attached hydrogen (secondary N) is 1. The Kier molecular flexibility index (Phi) is 4.17. The maximum absolute atomic E-state index is 11.1. The monoisotopic (exact) mass is 211 g/mol. The minimum atomic E-state index is -1.12. The Bertz CT molecular complexity index is 341. The number of carboxylic acids is 1. The highest BCUT2D eigenvalue weighted by Crippen LogP contribution is 1.99. The number of ether oxygens (including phenoxy) is 1. The van der Waals surface area contributed by atoms with Crippen LogP contribution in [0.4, 0.5) is 5.69 Å². The molecule has 0 radical (unpaired) electrons. The molecule has 1 rings (SSSR count). The van der Waals surface area contributed by atoms with Crippen molar-refractivity contribution in [3.8, 4) is 0 Å². The highest BCUT2D eigenvalue weighted by molar-refractivity contribution is 5.91. The SMILES string of the molecule is O=C(O)COCC(=O)Nc1cncnc1. The van der Waals surface area contributed by atoms with Crippen LogP contribution >= 0.6 is 0 Å². The van der Waals surface area contributed by atoms with Crippen LogP contribution in [0.1, 0.15) is 0 Å². The quantitative estimate of drug-likeness (QED) is 0.681. The molecule has 7 heteroatoms. The summed E-state index contributed by atoms with van der Waals surface area (Å²) in [4.78, 5) is 28.5. The number of carbonyl (C=O) groups is 2. The van der Waals surface area contributed by atoms with Gasteiger partial charge in [-0.1, -0.05) is 0 Å². The minimum Gasteiger partial charge on any atom is -0.480 e. The zero-order chi connectivity index (χ0) is 11.1. The van der Waals surface area contributed by atoms with Gasteiger partial charge in [-0.3, -0.25) is 4.79 Å². The molecule has 2 N–H and O–H groups in total. The Morgan fingerprint density at radius 3 is 2.60 bits per heavy atom. The van der Waals surface area contributed by atoms with Gasteiger partial charge in [-0.15, -0.1) is 0 Å². The van der Waals surface area contributed by atoms with Gasteiger partial charge in [-0.2, -0.15) is 0 Å². The van der Waals surface area contributed by atoms with Crippen LogP contribution in [-0.4, -0.2) is 40.2 Å². The van der Waals surface area contributed by atoms with Crippen LogP contribution in [0.2, 0.25) is 0 Å². The lowest BCUT2D eigenvalue weighted by Crippen LogP contribution is -2.20. The third-order valence-electron chi connectivity index (χ3n) is 1.30. The van der Waals surface area contributed by atoms with Crippen LogP contribution in [-0.2, 0) is 14.3 Å². The Labute approximate surface area is 85.1 Å². The second-order valence-electron chi connectivity index (χ2n) is 2.56. The highest BCUT2D eigenvalue weighted by Gasteiger charge is 2.04. The fraction of sp³-hybridized carbons (Fsp3) is 0.250. The van der Waals surface area contributed by atoms with Crippen LogP contribution < -0.4 is 5.32 Å². The summed E-state index contributed by atoms with van der Waals surface area (Å²) >= 11 is 0. The number of hydrogen-bond donors (Lipinski definition) is 2. The van der Waals surface area contributed by atoms with Gasteiger partial charge in [0.2, 0.25) is 5.91 Å². The summed E-state index contributed by atoms with van der Waals surface area (Å²) in [6.45, 7) is -0.820. The number of anilines is 1. The Balaban J connectivity index is 2.28. The molecular weight excluding hydrogens is 202 g/mol. The first-order valence-electron chi connectivity index (χ1n) is 4.03. The van der Waals surface area contributed by atoms with Gasteiger partial charge in [0.25, 0.3) is 0 Å². The van der Waals surface area contributed by atoms with Crippen LogP contribution in [0.3, 0.4) is 0 Å². The van der Waals surface area contributed by atoms with Crippen molar-refractivity contribution in [2.24, 2.45) is 0 Å². The third kappa shape index (κ3) is 4.67. The largest absolute Gasteiger partial charge is 0.480 e. The summed E-state index contributed by atoms with van der Waals surface area (Å²) in [5.41, 5.74) is 0.432. The number of aliphatic carboxylic acids is 1. The number of rotatable bonds is 5. The van der Waals surface area contributed by atoms with Crippen LogP contribution in [0.15, 0.2) is 18.7 Å². The molecule has 1 aromatic heterocycles. The van der Waals surface area contributed by atoms with Crippen molar-refractivity contribution in [2.75, 3.05) is 18.5 Å². The molecule has 1 heterocycles. The van der Waals surface area contributed by atoms with Crippen molar-refractivity contribution in [2.45, 2.75) is 0 Å². The number of nitrogens with zero attached hydrogens (tertiary/aromatic N) is 2. The van der Waals surface area contributed by atoms with Crippen molar-refractivity contribution in [1.29, 1.82) is 0 Å². The Morgan fingerprint density at radius 2 is 2.00 bits per heavy atom. The summed E-state index contributed by atoms with van der Waals surface area (Å²) in [5, 5.41) is 10.7. The first kappa shape index (κ1) is 11.1. The molecule has 80 valence electrons. The van der Waals surface area contributed by atoms with E-state index in [1.165, 1.54) is 18.7 Å². The van der Waals surface area contributed by atoms with Crippen LogP contribution in [0.25, 0.3) is 0 Å². The molecule has 0 aliphatic heterocycles. The summed E-state index contributed by atoms with van der Waals surface area (Å²) in [5.74, 6) is -1.57. The molecule has 0 aliphatic carbocycles. The van der Waals surface area contributed by atoms with Crippen molar-refractivity contribution >= 4 is 17.6 Å². The molecule has 7 nitrogen and oxygen atoms in total. The van der Waals surface area contributed by atoms with E-state index in [4.69, 9.17) is 5.11 Å². The van der Waals surface area contributed by atoms with E-state index in [9.17, 15) is 9.59 Å². The van der Waals surface area contributed by atoms with E-state index in [0.717, 1.165) is 0 Å². The minimum absolute atomic E-state index is 0.318. The highest BCUT2D eigenvalue weighted by atomic mass is 16.5. The standard InChI is InChI=1S/C8H9N3O4/c12-7(3-15-4-8(13)14)11-6-1-9-5-10-2-6/h1-2,5H,3-4H2,(H,11,12)(H,13,14). The van der Waals surface area contributed by atoms with Crippen molar-refractivity contribution in [1.82, 2.24) is 9.97 Å². The predicted molar refractivity (Wildman–Crippen MR) is 49.1 cm³/mol. The lowest BCUT2D eigenvalue weighted by Gasteiger charge is -2.03. The smallest absolute Gasteiger partial charge is 0.329 e. The van der Waals surface area contributed by atoms with E-state index >= 15 is 0 Å². The van der Waals surface area contributed by atoms with E-state index in [-0.39, 0.29) is 6.61 Å². The van der Waals surface area contributed by atoms with Gasteiger partial charge < -0.3 is 15.2 Å². The van der Waals surface area contributed by atoms with Gasteiger partial charge in [0.05, 0.1) is 18.1 Å². The lowest BCUT2D eigenvalue weighted by atomic mass is 10.5. The van der Waals surface area contributed by atoms with Gasteiger partial charge in [0.15, 0.2) is 0 Å². The molecule has 1 aromatic rings. The maximum Gasteiger partial charge on any atom is 0.329 e. The van der Waals surface area contributed by atoms with E-state index < -0.39 is 18.5 Å².